The molecule has 2 saturated heterocycles. The minimum absolute atomic E-state index is 0.181. The van der Waals surface area contributed by atoms with Crippen LogP contribution in [-0.4, -0.2) is 67.2 Å². The summed E-state index contributed by atoms with van der Waals surface area (Å²) in [6.07, 6.45) is 2.79. The minimum atomic E-state index is -0.351. The van der Waals surface area contributed by atoms with Crippen LogP contribution in [0, 0.1) is 0 Å². The molecule has 2 aliphatic heterocycles. The molecule has 0 aromatic carbocycles. The fourth-order valence-corrected chi connectivity index (χ4v) is 2.93. The lowest BCUT2D eigenvalue weighted by atomic mass is 10.1. The number of hydrogen-bond acceptors (Lipinski definition) is 5. The van der Waals surface area contributed by atoms with E-state index in [4.69, 9.17) is 10.6 Å². The summed E-state index contributed by atoms with van der Waals surface area (Å²) < 4.78 is 5.74. The zero-order valence-electron chi connectivity index (χ0n) is 11.8. The molecule has 2 unspecified atom stereocenters. The van der Waals surface area contributed by atoms with Crippen LogP contribution in [0.3, 0.4) is 0 Å². The summed E-state index contributed by atoms with van der Waals surface area (Å²) in [7, 11) is 0. The molecule has 110 valence electrons. The number of hydrazine groups is 1. The highest BCUT2D eigenvalue weighted by Gasteiger charge is 2.31. The quantitative estimate of drug-likeness (QED) is 0.402. The van der Waals surface area contributed by atoms with Gasteiger partial charge in [-0.3, -0.25) is 15.1 Å². The maximum atomic E-state index is 11.4. The van der Waals surface area contributed by atoms with Gasteiger partial charge in [0.05, 0.1) is 6.10 Å². The smallest absolute Gasteiger partial charge is 0.263 e. The van der Waals surface area contributed by atoms with Gasteiger partial charge < -0.3 is 9.64 Å². The number of rotatable bonds is 5. The molecule has 2 rings (SSSR count). The Kier molecular flexibility index (Phi) is 5.57. The number of nitrogens with zero attached hydrogens (tertiary/aromatic N) is 2. The van der Waals surface area contributed by atoms with Crippen LogP contribution in [0.15, 0.2) is 0 Å². The van der Waals surface area contributed by atoms with E-state index >= 15 is 0 Å². The molecule has 6 heteroatoms. The second-order valence-corrected chi connectivity index (χ2v) is 5.47. The van der Waals surface area contributed by atoms with Gasteiger partial charge in [-0.1, -0.05) is 6.92 Å². The highest BCUT2D eigenvalue weighted by Crippen LogP contribution is 2.21. The number of amides is 1. The predicted molar refractivity (Wildman–Crippen MR) is 73.4 cm³/mol. The zero-order valence-corrected chi connectivity index (χ0v) is 11.8. The van der Waals surface area contributed by atoms with Crippen LogP contribution in [0.1, 0.15) is 26.2 Å². The highest BCUT2D eigenvalue weighted by atomic mass is 16.5. The maximum absolute atomic E-state index is 11.4. The van der Waals surface area contributed by atoms with Gasteiger partial charge in [-0.15, -0.1) is 0 Å². The molecule has 0 radical (unpaired) electrons. The van der Waals surface area contributed by atoms with Crippen molar-refractivity contribution in [3.05, 3.63) is 0 Å². The average molecular weight is 270 g/mol. The first-order valence-electron chi connectivity index (χ1n) is 7.33. The molecule has 0 spiro atoms. The van der Waals surface area contributed by atoms with E-state index in [0.717, 1.165) is 45.6 Å². The third kappa shape index (κ3) is 4.14. The second-order valence-electron chi connectivity index (χ2n) is 5.47. The van der Waals surface area contributed by atoms with Crippen molar-refractivity contribution in [2.75, 3.05) is 39.3 Å². The first kappa shape index (κ1) is 14.7. The number of carbonyl (C=O) groups is 1. The molecule has 3 N–H and O–H groups in total. The van der Waals surface area contributed by atoms with E-state index in [1.807, 2.05) is 0 Å². The van der Waals surface area contributed by atoms with Crippen LogP contribution in [-0.2, 0) is 9.53 Å². The molecular weight excluding hydrogens is 244 g/mol. The Bertz CT molecular complexity index is 292. The van der Waals surface area contributed by atoms with Gasteiger partial charge in [0.15, 0.2) is 0 Å². The molecule has 19 heavy (non-hydrogen) atoms. The Hall–Kier alpha value is -0.690. The van der Waals surface area contributed by atoms with Crippen molar-refractivity contribution >= 4 is 5.91 Å². The van der Waals surface area contributed by atoms with Gasteiger partial charge in [0, 0.05) is 32.7 Å². The lowest BCUT2D eigenvalue weighted by molar-refractivity contribution is -0.132. The van der Waals surface area contributed by atoms with Gasteiger partial charge in [0.25, 0.3) is 5.91 Å². The van der Waals surface area contributed by atoms with Crippen molar-refractivity contribution < 1.29 is 9.53 Å². The van der Waals surface area contributed by atoms with E-state index in [1.165, 1.54) is 13.0 Å². The first-order valence-corrected chi connectivity index (χ1v) is 7.33. The molecule has 1 amide bonds. The zero-order chi connectivity index (χ0) is 13.7. The maximum Gasteiger partial charge on any atom is 0.263 e. The largest absolute Gasteiger partial charge is 0.364 e. The summed E-state index contributed by atoms with van der Waals surface area (Å²) in [5.41, 5.74) is 2.17. The van der Waals surface area contributed by atoms with Crippen molar-refractivity contribution in [1.82, 2.24) is 15.2 Å². The number of carbonyl (C=O) groups excluding carboxylic acids is 1. The van der Waals surface area contributed by atoms with E-state index in [-0.39, 0.29) is 18.1 Å². The molecule has 6 nitrogen and oxygen atoms in total. The molecular formula is C13H26N4O2. The van der Waals surface area contributed by atoms with Crippen LogP contribution < -0.4 is 11.3 Å². The minimum Gasteiger partial charge on any atom is -0.364 e. The Morgan fingerprint density at radius 1 is 1.26 bits per heavy atom. The Balaban J connectivity index is 1.68. The van der Waals surface area contributed by atoms with Crippen LogP contribution in [0.25, 0.3) is 0 Å². The molecule has 2 fully saturated rings. The molecule has 0 aromatic rings. The number of piperazine rings is 1. The topological polar surface area (TPSA) is 70.8 Å². The van der Waals surface area contributed by atoms with Gasteiger partial charge in [-0.2, -0.15) is 0 Å². The average Bonchev–Trinajstić information content (AvgIpc) is 2.89. The number of nitrogens with two attached hydrogens (primary N) is 1. The first-order chi connectivity index (χ1) is 9.22. The van der Waals surface area contributed by atoms with Gasteiger partial charge >= 0.3 is 0 Å². The Morgan fingerprint density at radius 3 is 2.58 bits per heavy atom. The van der Waals surface area contributed by atoms with Crippen molar-refractivity contribution in [3.63, 3.8) is 0 Å². The van der Waals surface area contributed by atoms with E-state index < -0.39 is 0 Å². The second kappa shape index (κ2) is 7.19. The monoisotopic (exact) mass is 270 g/mol. The van der Waals surface area contributed by atoms with Crippen molar-refractivity contribution in [2.24, 2.45) is 5.84 Å². The SMILES string of the molecule is CCCN1CCN(CC2CCC(C(=O)NN)O2)CC1. The van der Waals surface area contributed by atoms with Gasteiger partial charge in [0.2, 0.25) is 0 Å². The third-order valence-electron chi connectivity index (χ3n) is 4.01. The lowest BCUT2D eigenvalue weighted by Gasteiger charge is -2.35. The molecule has 0 saturated carbocycles. The molecule has 2 heterocycles. The summed E-state index contributed by atoms with van der Waals surface area (Å²) in [4.78, 5) is 16.3. The van der Waals surface area contributed by atoms with Crippen LogP contribution in [0.2, 0.25) is 0 Å². The highest BCUT2D eigenvalue weighted by molar-refractivity contribution is 5.80. The fraction of sp³-hybridized carbons (Fsp3) is 0.923. The summed E-state index contributed by atoms with van der Waals surface area (Å²) in [5.74, 6) is 4.93. The predicted octanol–water partition coefficient (Wildman–Crippen LogP) is -0.448. The Labute approximate surface area is 115 Å². The summed E-state index contributed by atoms with van der Waals surface area (Å²) in [6, 6.07) is 0. The van der Waals surface area contributed by atoms with E-state index in [2.05, 4.69) is 22.1 Å². The Morgan fingerprint density at radius 2 is 1.95 bits per heavy atom. The lowest BCUT2D eigenvalue weighted by Crippen LogP contribution is -2.48. The molecule has 0 aromatic heterocycles. The summed E-state index contributed by atoms with van der Waals surface area (Å²) >= 11 is 0. The van der Waals surface area contributed by atoms with E-state index in [0.29, 0.717) is 0 Å². The van der Waals surface area contributed by atoms with Crippen LogP contribution in [0.5, 0.6) is 0 Å². The van der Waals surface area contributed by atoms with Crippen molar-refractivity contribution in [2.45, 2.75) is 38.4 Å². The molecule has 2 aliphatic rings. The fourth-order valence-electron chi connectivity index (χ4n) is 2.93. The number of hydrogen-bond donors (Lipinski definition) is 2. The molecule has 0 aliphatic carbocycles. The van der Waals surface area contributed by atoms with E-state index in [9.17, 15) is 4.79 Å². The molecule has 0 bridgehead atoms. The van der Waals surface area contributed by atoms with Crippen LogP contribution >= 0.6 is 0 Å². The van der Waals surface area contributed by atoms with Crippen molar-refractivity contribution in [1.29, 1.82) is 0 Å². The normalized spacial score (nSPS) is 29.6. The summed E-state index contributed by atoms with van der Waals surface area (Å²) in [6.45, 7) is 8.87. The third-order valence-corrected chi connectivity index (χ3v) is 4.01. The standard InChI is InChI=1S/C13H26N4O2/c1-2-5-16-6-8-17(9-7-16)10-11-3-4-12(19-11)13(18)15-14/h11-12H,2-10,14H2,1H3,(H,15,18). The van der Waals surface area contributed by atoms with Gasteiger partial charge in [-0.05, 0) is 25.8 Å². The number of ether oxygens (including phenoxy) is 1. The van der Waals surface area contributed by atoms with E-state index in [1.54, 1.807) is 0 Å². The van der Waals surface area contributed by atoms with Crippen LogP contribution in [0.4, 0.5) is 0 Å². The summed E-state index contributed by atoms with van der Waals surface area (Å²) in [5, 5.41) is 0. The van der Waals surface area contributed by atoms with Gasteiger partial charge in [0.1, 0.15) is 6.10 Å². The van der Waals surface area contributed by atoms with Gasteiger partial charge in [-0.25, -0.2) is 5.84 Å². The number of nitrogens with one attached hydrogen (secondary N) is 1. The van der Waals surface area contributed by atoms with Crippen molar-refractivity contribution in [3.8, 4) is 0 Å². The molecule has 2 atom stereocenters.